The SMILES string of the molecule is COC1CC(C(=O)O)N(C(=O)C(NC(=O)OC2CCCC2)C(C)(C)C)C1. The second-order valence-electron chi connectivity index (χ2n) is 8.19. The van der Waals surface area contributed by atoms with Crippen molar-refractivity contribution in [1.82, 2.24) is 10.2 Å². The van der Waals surface area contributed by atoms with Gasteiger partial charge in [-0.2, -0.15) is 0 Å². The number of carboxylic acid groups (broad SMARTS) is 1. The number of hydrogen-bond acceptors (Lipinski definition) is 5. The number of likely N-dealkylation sites (tertiary alicyclic amines) is 1. The number of carboxylic acids is 1. The average molecular weight is 370 g/mol. The summed E-state index contributed by atoms with van der Waals surface area (Å²) in [5.74, 6) is -1.49. The van der Waals surface area contributed by atoms with Crippen molar-refractivity contribution >= 4 is 18.0 Å². The summed E-state index contributed by atoms with van der Waals surface area (Å²) in [6, 6.07) is -1.83. The third kappa shape index (κ3) is 4.87. The third-order valence-electron chi connectivity index (χ3n) is 5.12. The van der Waals surface area contributed by atoms with Gasteiger partial charge >= 0.3 is 12.1 Å². The lowest BCUT2D eigenvalue weighted by molar-refractivity contribution is -0.150. The molecule has 1 saturated heterocycles. The van der Waals surface area contributed by atoms with Crippen molar-refractivity contribution in [1.29, 1.82) is 0 Å². The second kappa shape index (κ2) is 8.24. The summed E-state index contributed by atoms with van der Waals surface area (Å²) >= 11 is 0. The van der Waals surface area contributed by atoms with E-state index in [0.717, 1.165) is 25.7 Å². The van der Waals surface area contributed by atoms with Crippen LogP contribution in [0.2, 0.25) is 0 Å². The molecule has 0 aromatic carbocycles. The lowest BCUT2D eigenvalue weighted by Gasteiger charge is -2.34. The minimum atomic E-state index is -1.07. The molecule has 0 aromatic rings. The Kier molecular flexibility index (Phi) is 6.49. The van der Waals surface area contributed by atoms with Gasteiger partial charge in [-0.15, -0.1) is 0 Å². The predicted octanol–water partition coefficient (Wildman–Crippen LogP) is 1.77. The highest BCUT2D eigenvalue weighted by molar-refractivity contribution is 5.90. The fraction of sp³-hybridized carbons (Fsp3) is 0.833. The summed E-state index contributed by atoms with van der Waals surface area (Å²) < 4.78 is 10.6. The summed E-state index contributed by atoms with van der Waals surface area (Å²) in [5, 5.41) is 12.1. The van der Waals surface area contributed by atoms with Crippen LogP contribution in [0, 0.1) is 5.41 Å². The van der Waals surface area contributed by atoms with Crippen LogP contribution >= 0.6 is 0 Å². The van der Waals surface area contributed by atoms with Gasteiger partial charge < -0.3 is 24.8 Å². The molecule has 0 aromatic heterocycles. The first kappa shape index (κ1) is 20.5. The van der Waals surface area contributed by atoms with Crippen molar-refractivity contribution in [2.45, 2.75) is 77.2 Å². The molecule has 8 heteroatoms. The van der Waals surface area contributed by atoms with E-state index in [0.29, 0.717) is 0 Å². The minimum Gasteiger partial charge on any atom is -0.480 e. The van der Waals surface area contributed by atoms with Crippen molar-refractivity contribution in [3.63, 3.8) is 0 Å². The molecule has 1 aliphatic carbocycles. The first-order valence-corrected chi connectivity index (χ1v) is 9.16. The maximum absolute atomic E-state index is 13.1. The second-order valence-corrected chi connectivity index (χ2v) is 8.19. The fourth-order valence-corrected chi connectivity index (χ4v) is 3.57. The number of hydrogen-bond donors (Lipinski definition) is 2. The summed E-state index contributed by atoms with van der Waals surface area (Å²) in [5.41, 5.74) is -0.597. The average Bonchev–Trinajstić information content (AvgIpc) is 3.19. The van der Waals surface area contributed by atoms with Crippen LogP contribution in [0.1, 0.15) is 52.9 Å². The van der Waals surface area contributed by atoms with Gasteiger partial charge in [0.2, 0.25) is 5.91 Å². The summed E-state index contributed by atoms with van der Waals surface area (Å²) in [6.45, 7) is 5.67. The highest BCUT2D eigenvalue weighted by Crippen LogP contribution is 2.27. The van der Waals surface area contributed by atoms with E-state index in [9.17, 15) is 19.5 Å². The molecule has 0 spiro atoms. The number of amides is 2. The Balaban J connectivity index is 2.10. The van der Waals surface area contributed by atoms with E-state index in [1.807, 2.05) is 20.8 Å². The van der Waals surface area contributed by atoms with Crippen LogP contribution in [-0.4, -0.2) is 65.9 Å². The summed E-state index contributed by atoms with van der Waals surface area (Å²) in [7, 11) is 1.50. The number of nitrogens with one attached hydrogen (secondary N) is 1. The number of aliphatic carboxylic acids is 1. The van der Waals surface area contributed by atoms with Crippen molar-refractivity contribution in [2.24, 2.45) is 5.41 Å². The highest BCUT2D eigenvalue weighted by atomic mass is 16.6. The van der Waals surface area contributed by atoms with Gasteiger partial charge in [-0.3, -0.25) is 4.79 Å². The smallest absolute Gasteiger partial charge is 0.408 e. The van der Waals surface area contributed by atoms with E-state index < -0.39 is 35.5 Å². The highest BCUT2D eigenvalue weighted by Gasteiger charge is 2.45. The molecule has 1 aliphatic heterocycles. The van der Waals surface area contributed by atoms with Gasteiger partial charge in [0.1, 0.15) is 18.2 Å². The molecule has 2 aliphatic rings. The maximum Gasteiger partial charge on any atom is 0.408 e. The summed E-state index contributed by atoms with van der Waals surface area (Å²) in [6.07, 6.45) is 2.92. The monoisotopic (exact) mass is 370 g/mol. The quantitative estimate of drug-likeness (QED) is 0.764. The zero-order valence-corrected chi connectivity index (χ0v) is 16.0. The molecule has 0 radical (unpaired) electrons. The van der Waals surface area contributed by atoms with Crippen LogP contribution < -0.4 is 5.32 Å². The Labute approximate surface area is 154 Å². The van der Waals surface area contributed by atoms with E-state index in [2.05, 4.69) is 5.32 Å². The molecule has 26 heavy (non-hydrogen) atoms. The molecule has 0 bridgehead atoms. The number of nitrogens with zero attached hydrogens (tertiary/aromatic N) is 1. The first-order valence-electron chi connectivity index (χ1n) is 9.16. The van der Waals surface area contributed by atoms with Crippen LogP contribution in [0.25, 0.3) is 0 Å². The minimum absolute atomic E-state index is 0.109. The van der Waals surface area contributed by atoms with Crippen LogP contribution in [0.5, 0.6) is 0 Å². The topological polar surface area (TPSA) is 105 Å². The molecule has 148 valence electrons. The van der Waals surface area contributed by atoms with Crippen LogP contribution in [0.3, 0.4) is 0 Å². The molecule has 2 N–H and O–H groups in total. The van der Waals surface area contributed by atoms with Gasteiger partial charge in [-0.25, -0.2) is 9.59 Å². The largest absolute Gasteiger partial charge is 0.480 e. The van der Waals surface area contributed by atoms with Crippen molar-refractivity contribution < 1.29 is 29.0 Å². The van der Waals surface area contributed by atoms with Crippen molar-refractivity contribution in [3.8, 4) is 0 Å². The third-order valence-corrected chi connectivity index (χ3v) is 5.12. The lowest BCUT2D eigenvalue weighted by Crippen LogP contribution is -2.57. The molecular formula is C18H30N2O6. The van der Waals surface area contributed by atoms with E-state index in [1.165, 1.54) is 12.0 Å². The van der Waals surface area contributed by atoms with Crippen LogP contribution in [0.15, 0.2) is 0 Å². The Morgan fingerprint density at radius 3 is 2.27 bits per heavy atom. The van der Waals surface area contributed by atoms with Gasteiger partial charge in [0, 0.05) is 20.1 Å². The number of methoxy groups -OCH3 is 1. The van der Waals surface area contributed by atoms with Gasteiger partial charge in [-0.1, -0.05) is 20.8 Å². The Morgan fingerprint density at radius 1 is 1.15 bits per heavy atom. The van der Waals surface area contributed by atoms with E-state index in [-0.39, 0.29) is 25.2 Å². The molecule has 2 amide bonds. The maximum atomic E-state index is 13.1. The molecule has 2 rings (SSSR count). The van der Waals surface area contributed by atoms with Crippen LogP contribution in [0.4, 0.5) is 4.79 Å². The number of rotatable bonds is 5. The predicted molar refractivity (Wildman–Crippen MR) is 93.7 cm³/mol. The molecule has 3 unspecified atom stereocenters. The number of ether oxygens (including phenoxy) is 2. The molecular weight excluding hydrogens is 340 g/mol. The first-order chi connectivity index (χ1) is 12.1. The lowest BCUT2D eigenvalue weighted by atomic mass is 9.85. The zero-order valence-electron chi connectivity index (χ0n) is 16.0. The van der Waals surface area contributed by atoms with Gasteiger partial charge in [0.05, 0.1) is 6.10 Å². The zero-order chi connectivity index (χ0) is 19.5. The molecule has 8 nitrogen and oxygen atoms in total. The van der Waals surface area contributed by atoms with E-state index in [4.69, 9.17) is 9.47 Å². The molecule has 3 atom stereocenters. The van der Waals surface area contributed by atoms with Gasteiger partial charge in [0.25, 0.3) is 0 Å². The molecule has 1 heterocycles. The van der Waals surface area contributed by atoms with Crippen LogP contribution in [-0.2, 0) is 19.1 Å². The number of alkyl carbamates (subject to hydrolysis) is 1. The standard InChI is InChI=1S/C18H30N2O6/c1-18(2,3)14(19-17(24)26-11-7-5-6-8-11)15(21)20-10-12(25-4)9-13(20)16(22)23/h11-14H,5-10H2,1-4H3,(H,19,24)(H,22,23). The molecule has 1 saturated carbocycles. The number of carbonyl (C=O) groups excluding carboxylic acids is 2. The van der Waals surface area contributed by atoms with Crippen molar-refractivity contribution in [2.75, 3.05) is 13.7 Å². The summed E-state index contributed by atoms with van der Waals surface area (Å²) in [4.78, 5) is 38.2. The Morgan fingerprint density at radius 2 is 1.77 bits per heavy atom. The number of carbonyl (C=O) groups is 3. The fourth-order valence-electron chi connectivity index (χ4n) is 3.57. The Bertz CT molecular complexity index is 538. The van der Waals surface area contributed by atoms with Gasteiger partial charge in [0.15, 0.2) is 0 Å². The normalized spacial score (nSPS) is 25.2. The van der Waals surface area contributed by atoms with Gasteiger partial charge in [-0.05, 0) is 31.1 Å². The van der Waals surface area contributed by atoms with E-state index in [1.54, 1.807) is 0 Å². The molecule has 2 fully saturated rings. The Hall–Kier alpha value is -1.83. The van der Waals surface area contributed by atoms with Crippen molar-refractivity contribution in [3.05, 3.63) is 0 Å². The van der Waals surface area contributed by atoms with E-state index >= 15 is 0 Å².